The van der Waals surface area contributed by atoms with Crippen molar-refractivity contribution >= 4 is 17.3 Å². The van der Waals surface area contributed by atoms with Gasteiger partial charge in [-0.15, -0.1) is 11.3 Å². The van der Waals surface area contributed by atoms with Crippen molar-refractivity contribution in [2.75, 3.05) is 7.11 Å². The fourth-order valence-corrected chi connectivity index (χ4v) is 2.32. The second-order valence-corrected chi connectivity index (χ2v) is 4.65. The average molecular weight is 249 g/mol. The van der Waals surface area contributed by atoms with Gasteiger partial charge in [-0.2, -0.15) is 0 Å². The standard InChI is InChI=1S/C12H11NO3S/c1-7-13-10(11(17-7)12(14)15)8-4-3-5-9(6-8)16-2/h3-6H,1-2H3,(H,14,15). The number of carboxylic acids is 1. The molecule has 1 N–H and O–H groups in total. The number of carboxylic acid groups (broad SMARTS) is 1. The number of aromatic nitrogens is 1. The normalized spacial score (nSPS) is 10.2. The molecule has 1 aromatic heterocycles. The molecule has 0 radical (unpaired) electrons. The van der Waals surface area contributed by atoms with Crippen LogP contribution in [0, 0.1) is 6.92 Å². The van der Waals surface area contributed by atoms with Gasteiger partial charge in [-0.25, -0.2) is 9.78 Å². The Balaban J connectivity index is 2.55. The second-order valence-electron chi connectivity index (χ2n) is 3.45. The Labute approximate surface area is 103 Å². The Hall–Kier alpha value is -1.88. The Morgan fingerprint density at radius 1 is 1.47 bits per heavy atom. The molecule has 0 fully saturated rings. The van der Waals surface area contributed by atoms with E-state index in [0.717, 1.165) is 10.6 Å². The molecule has 4 nitrogen and oxygen atoms in total. The van der Waals surface area contributed by atoms with E-state index >= 15 is 0 Å². The molecule has 17 heavy (non-hydrogen) atoms. The van der Waals surface area contributed by atoms with Crippen LogP contribution in [0.15, 0.2) is 24.3 Å². The minimum absolute atomic E-state index is 0.260. The molecule has 0 amide bonds. The summed E-state index contributed by atoms with van der Waals surface area (Å²) in [5, 5.41) is 9.84. The maximum atomic E-state index is 11.1. The maximum absolute atomic E-state index is 11.1. The van der Waals surface area contributed by atoms with Crippen LogP contribution in [0.25, 0.3) is 11.3 Å². The van der Waals surface area contributed by atoms with E-state index in [9.17, 15) is 4.79 Å². The number of ether oxygens (including phenoxy) is 1. The van der Waals surface area contributed by atoms with E-state index in [1.165, 1.54) is 11.3 Å². The van der Waals surface area contributed by atoms with Gasteiger partial charge >= 0.3 is 5.97 Å². The first-order valence-electron chi connectivity index (χ1n) is 4.97. The van der Waals surface area contributed by atoms with E-state index in [4.69, 9.17) is 9.84 Å². The first-order chi connectivity index (χ1) is 8.11. The van der Waals surface area contributed by atoms with E-state index in [1.54, 1.807) is 20.1 Å². The van der Waals surface area contributed by atoms with Crippen molar-refractivity contribution in [2.45, 2.75) is 6.92 Å². The van der Waals surface area contributed by atoms with Crippen molar-refractivity contribution in [2.24, 2.45) is 0 Å². The number of hydrogen-bond acceptors (Lipinski definition) is 4. The Kier molecular flexibility index (Phi) is 3.10. The van der Waals surface area contributed by atoms with Crippen LogP contribution >= 0.6 is 11.3 Å². The maximum Gasteiger partial charge on any atom is 0.348 e. The van der Waals surface area contributed by atoms with E-state index in [-0.39, 0.29) is 4.88 Å². The van der Waals surface area contributed by atoms with Gasteiger partial charge in [0, 0.05) is 5.56 Å². The quantitative estimate of drug-likeness (QED) is 0.908. The van der Waals surface area contributed by atoms with Crippen molar-refractivity contribution in [3.8, 4) is 17.0 Å². The van der Waals surface area contributed by atoms with Gasteiger partial charge in [-0.05, 0) is 19.1 Å². The van der Waals surface area contributed by atoms with Crippen LogP contribution in [0.3, 0.4) is 0 Å². The molecule has 0 bridgehead atoms. The third-order valence-corrected chi connectivity index (χ3v) is 3.23. The molecular formula is C12H11NO3S. The molecule has 1 aromatic carbocycles. The molecule has 0 aliphatic heterocycles. The predicted molar refractivity (Wildman–Crippen MR) is 65.8 cm³/mol. The lowest BCUT2D eigenvalue weighted by atomic mass is 10.1. The minimum Gasteiger partial charge on any atom is -0.497 e. The molecule has 0 saturated carbocycles. The van der Waals surface area contributed by atoms with Crippen LogP contribution < -0.4 is 4.74 Å². The molecule has 0 saturated heterocycles. The fraction of sp³-hybridized carbons (Fsp3) is 0.167. The van der Waals surface area contributed by atoms with Gasteiger partial charge in [0.05, 0.1) is 17.8 Å². The summed E-state index contributed by atoms with van der Waals surface area (Å²) in [4.78, 5) is 15.6. The lowest BCUT2D eigenvalue weighted by Gasteiger charge is -2.02. The lowest BCUT2D eigenvalue weighted by molar-refractivity contribution is 0.0702. The molecule has 1 heterocycles. The molecule has 0 aliphatic rings. The van der Waals surface area contributed by atoms with Crippen molar-refractivity contribution in [3.05, 3.63) is 34.2 Å². The molecule has 0 atom stereocenters. The SMILES string of the molecule is COc1cccc(-c2nc(C)sc2C(=O)O)c1. The minimum atomic E-state index is -0.951. The van der Waals surface area contributed by atoms with Crippen molar-refractivity contribution in [3.63, 3.8) is 0 Å². The molecule has 0 spiro atoms. The highest BCUT2D eigenvalue weighted by atomic mass is 32.1. The summed E-state index contributed by atoms with van der Waals surface area (Å²) >= 11 is 1.18. The summed E-state index contributed by atoms with van der Waals surface area (Å²) < 4.78 is 5.11. The van der Waals surface area contributed by atoms with Crippen molar-refractivity contribution in [1.82, 2.24) is 4.98 Å². The predicted octanol–water partition coefficient (Wildman–Crippen LogP) is 2.83. The first-order valence-corrected chi connectivity index (χ1v) is 5.78. The fourth-order valence-electron chi connectivity index (χ4n) is 1.54. The number of nitrogens with zero attached hydrogens (tertiary/aromatic N) is 1. The highest BCUT2D eigenvalue weighted by Gasteiger charge is 2.17. The van der Waals surface area contributed by atoms with Crippen LogP contribution in [0.1, 0.15) is 14.7 Å². The van der Waals surface area contributed by atoms with Crippen molar-refractivity contribution in [1.29, 1.82) is 0 Å². The van der Waals surface area contributed by atoms with Gasteiger partial charge in [0.2, 0.25) is 0 Å². The third-order valence-electron chi connectivity index (χ3n) is 2.27. The monoisotopic (exact) mass is 249 g/mol. The van der Waals surface area contributed by atoms with E-state index in [2.05, 4.69) is 4.98 Å². The smallest absolute Gasteiger partial charge is 0.348 e. The molecule has 0 aliphatic carbocycles. The van der Waals surface area contributed by atoms with E-state index in [0.29, 0.717) is 11.4 Å². The number of methoxy groups -OCH3 is 1. The molecular weight excluding hydrogens is 238 g/mol. The zero-order valence-corrected chi connectivity index (χ0v) is 10.2. The average Bonchev–Trinajstić information content (AvgIpc) is 2.72. The Bertz CT molecular complexity index is 563. The number of thiazole rings is 1. The molecule has 88 valence electrons. The topological polar surface area (TPSA) is 59.4 Å². The van der Waals surface area contributed by atoms with Crippen LogP contribution in [-0.2, 0) is 0 Å². The van der Waals surface area contributed by atoms with E-state index in [1.807, 2.05) is 18.2 Å². The second kappa shape index (κ2) is 4.55. The summed E-state index contributed by atoms with van der Waals surface area (Å²) in [7, 11) is 1.57. The highest BCUT2D eigenvalue weighted by Crippen LogP contribution is 2.29. The number of aryl methyl sites for hydroxylation is 1. The number of rotatable bonds is 3. The van der Waals surface area contributed by atoms with Gasteiger partial charge in [0.25, 0.3) is 0 Å². The van der Waals surface area contributed by atoms with Crippen molar-refractivity contribution < 1.29 is 14.6 Å². The van der Waals surface area contributed by atoms with Crippen LogP contribution in [0.5, 0.6) is 5.75 Å². The Morgan fingerprint density at radius 2 is 2.24 bits per heavy atom. The van der Waals surface area contributed by atoms with Gasteiger partial charge in [-0.3, -0.25) is 0 Å². The summed E-state index contributed by atoms with van der Waals surface area (Å²) in [5.74, 6) is -0.266. The zero-order valence-electron chi connectivity index (χ0n) is 9.43. The number of carbonyl (C=O) groups is 1. The van der Waals surface area contributed by atoms with Crippen LogP contribution in [0.4, 0.5) is 0 Å². The number of hydrogen-bond donors (Lipinski definition) is 1. The van der Waals surface area contributed by atoms with Crippen LogP contribution in [-0.4, -0.2) is 23.2 Å². The van der Waals surface area contributed by atoms with Gasteiger partial charge < -0.3 is 9.84 Å². The highest BCUT2D eigenvalue weighted by molar-refractivity contribution is 7.14. The summed E-state index contributed by atoms with van der Waals surface area (Å²) in [6.45, 7) is 1.79. The molecule has 2 aromatic rings. The van der Waals surface area contributed by atoms with Crippen LogP contribution in [0.2, 0.25) is 0 Å². The summed E-state index contributed by atoms with van der Waals surface area (Å²) in [6.07, 6.45) is 0. The largest absolute Gasteiger partial charge is 0.497 e. The summed E-state index contributed by atoms with van der Waals surface area (Å²) in [6, 6.07) is 7.22. The van der Waals surface area contributed by atoms with Gasteiger partial charge in [-0.1, -0.05) is 12.1 Å². The van der Waals surface area contributed by atoms with Gasteiger partial charge in [0.15, 0.2) is 0 Å². The zero-order chi connectivity index (χ0) is 12.4. The lowest BCUT2D eigenvalue weighted by Crippen LogP contribution is -1.95. The Morgan fingerprint density at radius 3 is 2.88 bits per heavy atom. The number of aromatic carboxylic acids is 1. The molecule has 2 rings (SSSR count). The number of benzene rings is 1. The first kappa shape index (κ1) is 11.6. The third kappa shape index (κ3) is 2.29. The summed E-state index contributed by atoms with van der Waals surface area (Å²) in [5.41, 5.74) is 1.25. The molecule has 5 heteroatoms. The molecule has 0 unspecified atom stereocenters. The van der Waals surface area contributed by atoms with Gasteiger partial charge in [0.1, 0.15) is 10.6 Å². The van der Waals surface area contributed by atoms with E-state index < -0.39 is 5.97 Å².